The zero-order chi connectivity index (χ0) is 14.7. The summed E-state index contributed by atoms with van der Waals surface area (Å²) in [4.78, 5) is 28.1. The molecule has 104 valence electrons. The Morgan fingerprint density at radius 3 is 2.90 bits per heavy atom. The molecule has 0 bridgehead atoms. The predicted molar refractivity (Wildman–Crippen MR) is 75.4 cm³/mol. The highest BCUT2D eigenvalue weighted by atomic mass is 32.1. The van der Waals surface area contributed by atoms with Gasteiger partial charge in [0.2, 0.25) is 0 Å². The van der Waals surface area contributed by atoms with Gasteiger partial charge in [0, 0.05) is 24.2 Å². The van der Waals surface area contributed by atoms with E-state index in [0.29, 0.717) is 5.69 Å². The first-order chi connectivity index (χ1) is 9.49. The first-order valence-corrected chi connectivity index (χ1v) is 6.59. The van der Waals surface area contributed by atoms with Crippen molar-refractivity contribution in [3.05, 3.63) is 50.5 Å². The monoisotopic (exact) mass is 292 g/mol. The normalized spacial score (nSPS) is 10.2. The van der Waals surface area contributed by atoms with Gasteiger partial charge in [-0.15, -0.1) is 11.3 Å². The lowest BCUT2D eigenvalue weighted by Gasteiger charge is -2.16. The number of rotatable bonds is 4. The standard InChI is InChI=1S/C12H12N4O3S/c1-15(5-9-6-20-7-14-9)12(17)10-4-8(13)2-3-11(10)16(18)19/h2-4,6-7H,5,13H2,1H3. The Labute approximate surface area is 118 Å². The van der Waals surface area contributed by atoms with E-state index in [1.807, 2.05) is 5.38 Å². The first-order valence-electron chi connectivity index (χ1n) is 5.65. The summed E-state index contributed by atoms with van der Waals surface area (Å²) in [5.41, 5.74) is 8.03. The average Bonchev–Trinajstić information content (AvgIpc) is 2.90. The fraction of sp³-hybridized carbons (Fsp3) is 0.167. The molecule has 2 rings (SSSR count). The maximum atomic E-state index is 12.3. The molecule has 8 heteroatoms. The largest absolute Gasteiger partial charge is 0.399 e. The summed E-state index contributed by atoms with van der Waals surface area (Å²) in [5.74, 6) is -0.461. The molecule has 0 aliphatic carbocycles. The minimum atomic E-state index is -0.594. The Morgan fingerprint density at radius 1 is 1.55 bits per heavy atom. The minimum absolute atomic E-state index is 0.0206. The van der Waals surface area contributed by atoms with Crippen molar-refractivity contribution in [1.82, 2.24) is 9.88 Å². The molecule has 1 amide bonds. The van der Waals surface area contributed by atoms with E-state index in [9.17, 15) is 14.9 Å². The molecule has 1 aromatic carbocycles. The highest BCUT2D eigenvalue weighted by Crippen LogP contribution is 2.23. The van der Waals surface area contributed by atoms with Gasteiger partial charge in [0.25, 0.3) is 11.6 Å². The van der Waals surface area contributed by atoms with Gasteiger partial charge in [-0.25, -0.2) is 4.98 Å². The number of carbonyl (C=O) groups excluding carboxylic acids is 1. The number of nitrogens with two attached hydrogens (primary N) is 1. The molecule has 1 heterocycles. The third kappa shape index (κ3) is 2.91. The van der Waals surface area contributed by atoms with Crippen LogP contribution in [0.2, 0.25) is 0 Å². The molecule has 1 aromatic heterocycles. The fourth-order valence-corrected chi connectivity index (χ4v) is 2.27. The third-order valence-electron chi connectivity index (χ3n) is 2.68. The zero-order valence-corrected chi connectivity index (χ0v) is 11.5. The smallest absolute Gasteiger partial charge is 0.282 e. The number of hydrogen-bond acceptors (Lipinski definition) is 6. The van der Waals surface area contributed by atoms with Crippen molar-refractivity contribution < 1.29 is 9.72 Å². The van der Waals surface area contributed by atoms with E-state index in [2.05, 4.69) is 4.98 Å². The number of aromatic nitrogens is 1. The molecule has 0 saturated heterocycles. The van der Waals surface area contributed by atoms with Crippen LogP contribution in [0.25, 0.3) is 0 Å². The Hall–Kier alpha value is -2.48. The van der Waals surface area contributed by atoms with Gasteiger partial charge in [-0.2, -0.15) is 0 Å². The number of nitro groups is 1. The van der Waals surface area contributed by atoms with Crippen LogP contribution in [-0.2, 0) is 6.54 Å². The molecular formula is C12H12N4O3S. The van der Waals surface area contributed by atoms with Gasteiger partial charge in [-0.1, -0.05) is 0 Å². The summed E-state index contributed by atoms with van der Waals surface area (Å²) in [6.45, 7) is 0.286. The van der Waals surface area contributed by atoms with Gasteiger partial charge in [0.05, 0.1) is 22.7 Å². The zero-order valence-electron chi connectivity index (χ0n) is 10.6. The van der Waals surface area contributed by atoms with Crippen LogP contribution in [0.3, 0.4) is 0 Å². The van der Waals surface area contributed by atoms with Gasteiger partial charge >= 0.3 is 0 Å². The molecule has 0 spiro atoms. The van der Waals surface area contributed by atoms with E-state index in [1.54, 1.807) is 12.6 Å². The van der Waals surface area contributed by atoms with Crippen LogP contribution in [0.5, 0.6) is 0 Å². The molecule has 0 aliphatic rings. The molecule has 0 atom stereocenters. The number of nitrogens with zero attached hydrogens (tertiary/aromatic N) is 3. The molecule has 0 unspecified atom stereocenters. The molecule has 0 saturated carbocycles. The summed E-state index contributed by atoms with van der Waals surface area (Å²) in [6, 6.07) is 3.95. The lowest BCUT2D eigenvalue weighted by molar-refractivity contribution is -0.385. The highest BCUT2D eigenvalue weighted by Gasteiger charge is 2.23. The number of amides is 1. The van der Waals surface area contributed by atoms with E-state index in [1.165, 1.54) is 34.4 Å². The second kappa shape index (κ2) is 5.66. The van der Waals surface area contributed by atoms with Crippen LogP contribution in [0.15, 0.2) is 29.1 Å². The molecule has 2 N–H and O–H groups in total. The van der Waals surface area contributed by atoms with Gasteiger partial charge in [0.15, 0.2) is 0 Å². The fourth-order valence-electron chi connectivity index (χ4n) is 1.72. The average molecular weight is 292 g/mol. The van der Waals surface area contributed by atoms with Gasteiger partial charge < -0.3 is 10.6 Å². The van der Waals surface area contributed by atoms with Crippen LogP contribution in [0.4, 0.5) is 11.4 Å². The second-order valence-corrected chi connectivity index (χ2v) is 4.89. The van der Waals surface area contributed by atoms with E-state index < -0.39 is 10.8 Å². The van der Waals surface area contributed by atoms with Gasteiger partial charge in [-0.05, 0) is 12.1 Å². The van der Waals surface area contributed by atoms with Crippen LogP contribution in [-0.4, -0.2) is 27.8 Å². The lowest BCUT2D eigenvalue weighted by atomic mass is 10.1. The van der Waals surface area contributed by atoms with Crippen LogP contribution < -0.4 is 5.73 Å². The summed E-state index contributed by atoms with van der Waals surface area (Å²) in [5, 5.41) is 12.8. The summed E-state index contributed by atoms with van der Waals surface area (Å²) < 4.78 is 0. The van der Waals surface area contributed by atoms with Crippen molar-refractivity contribution in [3.63, 3.8) is 0 Å². The minimum Gasteiger partial charge on any atom is -0.399 e. The quantitative estimate of drug-likeness (QED) is 0.526. The molecule has 7 nitrogen and oxygen atoms in total. The van der Waals surface area contributed by atoms with Crippen LogP contribution in [0.1, 0.15) is 16.1 Å². The van der Waals surface area contributed by atoms with Crippen molar-refractivity contribution in [2.24, 2.45) is 0 Å². The van der Waals surface area contributed by atoms with E-state index in [-0.39, 0.29) is 17.8 Å². The maximum Gasteiger partial charge on any atom is 0.282 e. The Bertz CT molecular complexity index is 642. The van der Waals surface area contributed by atoms with E-state index in [0.717, 1.165) is 5.69 Å². The number of nitrogen functional groups attached to an aromatic ring is 1. The predicted octanol–water partition coefficient (Wildman–Crippen LogP) is 1.91. The summed E-state index contributed by atoms with van der Waals surface area (Å²) in [7, 11) is 1.56. The number of benzene rings is 1. The molecule has 2 aromatic rings. The first kappa shape index (κ1) is 13.9. The summed E-state index contributed by atoms with van der Waals surface area (Å²) in [6.07, 6.45) is 0. The number of anilines is 1. The van der Waals surface area contributed by atoms with E-state index >= 15 is 0 Å². The van der Waals surface area contributed by atoms with E-state index in [4.69, 9.17) is 5.73 Å². The molecular weight excluding hydrogens is 280 g/mol. The number of thiazole rings is 1. The lowest BCUT2D eigenvalue weighted by Crippen LogP contribution is -2.27. The van der Waals surface area contributed by atoms with Gasteiger partial charge in [-0.3, -0.25) is 14.9 Å². The molecule has 0 fully saturated rings. The molecule has 0 aliphatic heterocycles. The highest BCUT2D eigenvalue weighted by molar-refractivity contribution is 7.07. The SMILES string of the molecule is CN(Cc1cscn1)C(=O)c1cc(N)ccc1[N+](=O)[O-]. The molecule has 0 radical (unpaired) electrons. The Balaban J connectivity index is 2.28. The van der Waals surface area contributed by atoms with Crippen molar-refractivity contribution in [3.8, 4) is 0 Å². The van der Waals surface area contributed by atoms with Crippen LogP contribution >= 0.6 is 11.3 Å². The number of carbonyl (C=O) groups is 1. The third-order valence-corrected chi connectivity index (χ3v) is 3.31. The maximum absolute atomic E-state index is 12.3. The number of hydrogen-bond donors (Lipinski definition) is 1. The Kier molecular flexibility index (Phi) is 3.94. The Morgan fingerprint density at radius 2 is 2.30 bits per heavy atom. The molecule has 20 heavy (non-hydrogen) atoms. The summed E-state index contributed by atoms with van der Waals surface area (Å²) >= 11 is 1.42. The van der Waals surface area contributed by atoms with Crippen molar-refractivity contribution >= 4 is 28.6 Å². The van der Waals surface area contributed by atoms with Crippen molar-refractivity contribution in [2.45, 2.75) is 6.54 Å². The second-order valence-electron chi connectivity index (χ2n) is 4.17. The topological polar surface area (TPSA) is 102 Å². The number of nitro benzene ring substituents is 1. The van der Waals surface area contributed by atoms with Gasteiger partial charge in [0.1, 0.15) is 5.56 Å². The van der Waals surface area contributed by atoms with Crippen LogP contribution in [0, 0.1) is 10.1 Å². The van der Waals surface area contributed by atoms with Crippen molar-refractivity contribution in [1.29, 1.82) is 0 Å². The van der Waals surface area contributed by atoms with Crippen molar-refractivity contribution in [2.75, 3.05) is 12.8 Å².